The molecule has 2 heterocycles. The Balaban J connectivity index is 1.37. The fraction of sp³-hybridized carbons (Fsp3) is 0.276. The van der Waals surface area contributed by atoms with Crippen LogP contribution in [0.1, 0.15) is 32.6 Å². The number of rotatable bonds is 5. The molecule has 1 fully saturated rings. The lowest BCUT2D eigenvalue weighted by Gasteiger charge is -2.30. The van der Waals surface area contributed by atoms with Crippen LogP contribution in [0, 0.1) is 5.92 Å². The molecule has 10 heteroatoms. The van der Waals surface area contributed by atoms with Gasteiger partial charge in [0, 0.05) is 24.3 Å². The van der Waals surface area contributed by atoms with Crippen molar-refractivity contribution in [1.82, 2.24) is 0 Å². The van der Waals surface area contributed by atoms with E-state index in [0.29, 0.717) is 22.2 Å². The van der Waals surface area contributed by atoms with Crippen LogP contribution in [-0.4, -0.2) is 32.6 Å². The Kier molecular flexibility index (Phi) is 7.38. The van der Waals surface area contributed by atoms with Crippen molar-refractivity contribution in [1.29, 1.82) is 0 Å². The molecule has 5 rings (SSSR count). The molecule has 9 nitrogen and oxygen atoms in total. The minimum Gasteiger partial charge on any atom is -0.504 e. The molecule has 0 radical (unpaired) electrons. The van der Waals surface area contributed by atoms with E-state index in [1.807, 2.05) is 6.07 Å². The molecular weight excluding hydrogens is 518 g/mol. The Morgan fingerprint density at radius 3 is 2.56 bits per heavy atom. The highest BCUT2D eigenvalue weighted by atomic mass is 32.2. The molecule has 1 aliphatic heterocycles. The van der Waals surface area contributed by atoms with Gasteiger partial charge < -0.3 is 35.1 Å². The van der Waals surface area contributed by atoms with Crippen LogP contribution in [0.4, 0.5) is 17.1 Å². The first-order valence-corrected chi connectivity index (χ1v) is 14.0. The average molecular weight is 550 g/mol. The highest BCUT2D eigenvalue weighted by Crippen LogP contribution is 2.36. The minimum absolute atomic E-state index is 0.0856. The van der Waals surface area contributed by atoms with Crippen LogP contribution in [0.2, 0.25) is 0 Å². The normalized spacial score (nSPS) is 16.9. The van der Waals surface area contributed by atoms with Gasteiger partial charge >= 0.3 is 0 Å². The van der Waals surface area contributed by atoms with Crippen LogP contribution in [0.3, 0.4) is 0 Å². The number of phenolic OH excluding ortho intramolecular Hbond substituents is 2. The third-order valence-electron chi connectivity index (χ3n) is 7.14. The summed E-state index contributed by atoms with van der Waals surface area (Å²) in [5.41, 5.74) is 8.00. The third kappa shape index (κ3) is 5.51. The summed E-state index contributed by atoms with van der Waals surface area (Å²) in [7, 11) is -1.66. The standard InChI is InChI=1S/C29H31N3O6S/c1-17-4-2-3-12-32(13-11-17)23-8-7-20(16-22(23)30)39(37)31-19-6-10-26-21(15-19)27(35)28(36)29(38-26)18-5-9-24(33)25(34)14-18/h5-10,14-17,31,33-34,36H,2-4,11-13,30H2,1H3. The summed E-state index contributed by atoms with van der Waals surface area (Å²) in [5, 5.41) is 29.9. The van der Waals surface area contributed by atoms with E-state index in [9.17, 15) is 24.3 Å². The first kappa shape index (κ1) is 26.4. The van der Waals surface area contributed by atoms with Gasteiger partial charge in [-0.3, -0.25) is 4.79 Å². The van der Waals surface area contributed by atoms with Crippen molar-refractivity contribution < 1.29 is 23.9 Å². The van der Waals surface area contributed by atoms with Crippen molar-refractivity contribution in [3.05, 3.63) is 64.8 Å². The molecule has 3 aromatic carbocycles. The van der Waals surface area contributed by atoms with Crippen LogP contribution in [0.15, 0.2) is 68.7 Å². The van der Waals surface area contributed by atoms with Crippen LogP contribution in [-0.2, 0) is 11.0 Å². The summed E-state index contributed by atoms with van der Waals surface area (Å²) in [6, 6.07) is 13.8. The molecule has 0 amide bonds. The lowest BCUT2D eigenvalue weighted by atomic mass is 9.98. The van der Waals surface area contributed by atoms with E-state index in [2.05, 4.69) is 16.5 Å². The smallest absolute Gasteiger partial charge is 0.235 e. The quantitative estimate of drug-likeness (QED) is 0.166. The maximum atomic E-state index is 13.1. The lowest BCUT2D eigenvalue weighted by molar-refractivity contribution is 0.403. The second kappa shape index (κ2) is 10.9. The number of aromatic hydroxyl groups is 3. The van der Waals surface area contributed by atoms with Crippen molar-refractivity contribution in [3.8, 4) is 28.6 Å². The summed E-state index contributed by atoms with van der Waals surface area (Å²) >= 11 is 0. The molecule has 2 atom stereocenters. The van der Waals surface area contributed by atoms with Crippen LogP contribution < -0.4 is 20.8 Å². The van der Waals surface area contributed by atoms with E-state index in [0.717, 1.165) is 31.6 Å². The van der Waals surface area contributed by atoms with Crippen molar-refractivity contribution in [2.75, 3.05) is 28.4 Å². The Morgan fingerprint density at radius 1 is 0.974 bits per heavy atom. The third-order valence-corrected chi connectivity index (χ3v) is 8.24. The molecule has 0 spiro atoms. The fourth-order valence-corrected chi connectivity index (χ4v) is 5.76. The molecule has 0 aliphatic carbocycles. The fourth-order valence-electron chi connectivity index (χ4n) is 4.88. The van der Waals surface area contributed by atoms with Gasteiger partial charge in [0.1, 0.15) is 16.6 Å². The second-order valence-corrected chi connectivity index (χ2v) is 11.2. The van der Waals surface area contributed by atoms with Gasteiger partial charge in [-0.05, 0) is 73.4 Å². The summed E-state index contributed by atoms with van der Waals surface area (Å²) in [6.45, 7) is 4.16. The zero-order chi connectivity index (χ0) is 27.7. The monoisotopic (exact) mass is 549 g/mol. The Bertz CT molecular complexity index is 1620. The number of benzene rings is 3. The molecule has 1 aliphatic rings. The summed E-state index contributed by atoms with van der Waals surface area (Å²) in [5.74, 6) is -0.857. The van der Waals surface area contributed by atoms with Gasteiger partial charge in [-0.15, -0.1) is 0 Å². The van der Waals surface area contributed by atoms with Gasteiger partial charge in [-0.2, -0.15) is 0 Å². The molecule has 204 valence electrons. The summed E-state index contributed by atoms with van der Waals surface area (Å²) in [6.07, 6.45) is 4.68. The zero-order valence-corrected chi connectivity index (χ0v) is 22.3. The topological polar surface area (TPSA) is 149 Å². The van der Waals surface area contributed by atoms with E-state index in [1.54, 1.807) is 18.2 Å². The molecule has 0 bridgehead atoms. The SMILES string of the molecule is CC1CCCCN(c2ccc(S(=O)Nc3ccc4oc(-c5ccc(O)c(O)c5)c(O)c(=O)c4c3)cc2N)CC1. The molecule has 6 N–H and O–H groups in total. The number of nitrogen functional groups attached to an aromatic ring is 1. The predicted octanol–water partition coefficient (Wildman–Crippen LogP) is 5.31. The molecule has 4 aromatic rings. The maximum Gasteiger partial charge on any atom is 0.235 e. The van der Waals surface area contributed by atoms with E-state index in [4.69, 9.17) is 10.2 Å². The molecule has 1 aromatic heterocycles. The number of phenols is 2. The van der Waals surface area contributed by atoms with Gasteiger partial charge in [0.25, 0.3) is 0 Å². The van der Waals surface area contributed by atoms with Gasteiger partial charge in [-0.1, -0.05) is 19.8 Å². The highest BCUT2D eigenvalue weighted by molar-refractivity contribution is 7.86. The van der Waals surface area contributed by atoms with Crippen molar-refractivity contribution >= 4 is 39.0 Å². The lowest BCUT2D eigenvalue weighted by Crippen LogP contribution is -2.29. The first-order valence-electron chi connectivity index (χ1n) is 12.9. The van der Waals surface area contributed by atoms with Crippen LogP contribution in [0.5, 0.6) is 17.2 Å². The minimum atomic E-state index is -1.66. The van der Waals surface area contributed by atoms with Gasteiger partial charge in [-0.25, -0.2) is 4.21 Å². The predicted molar refractivity (Wildman–Crippen MR) is 154 cm³/mol. The Morgan fingerprint density at radius 2 is 1.79 bits per heavy atom. The number of nitrogens with two attached hydrogens (primary N) is 1. The molecule has 0 saturated carbocycles. The van der Waals surface area contributed by atoms with Crippen molar-refractivity contribution in [3.63, 3.8) is 0 Å². The second-order valence-electron chi connectivity index (χ2n) is 9.99. The average Bonchev–Trinajstić information content (AvgIpc) is 2.91. The zero-order valence-electron chi connectivity index (χ0n) is 21.5. The molecular formula is C29H31N3O6S. The number of nitrogens with zero attached hydrogens (tertiary/aromatic N) is 1. The summed E-state index contributed by atoms with van der Waals surface area (Å²) in [4.78, 5) is 15.7. The van der Waals surface area contributed by atoms with Gasteiger partial charge in [0.2, 0.25) is 11.2 Å². The number of anilines is 3. The van der Waals surface area contributed by atoms with E-state index in [1.165, 1.54) is 43.2 Å². The Labute approximate surface area is 228 Å². The van der Waals surface area contributed by atoms with E-state index in [-0.39, 0.29) is 28.0 Å². The molecule has 2 unspecified atom stereocenters. The van der Waals surface area contributed by atoms with Crippen LogP contribution >= 0.6 is 0 Å². The number of hydrogen-bond acceptors (Lipinski definition) is 8. The maximum absolute atomic E-state index is 13.1. The molecule has 39 heavy (non-hydrogen) atoms. The van der Waals surface area contributed by atoms with E-state index >= 15 is 0 Å². The number of fused-ring (bicyclic) bond motifs is 1. The van der Waals surface area contributed by atoms with Crippen molar-refractivity contribution in [2.45, 2.75) is 37.5 Å². The van der Waals surface area contributed by atoms with E-state index < -0.39 is 27.9 Å². The first-order chi connectivity index (χ1) is 18.7. The van der Waals surface area contributed by atoms with Crippen LogP contribution in [0.25, 0.3) is 22.3 Å². The van der Waals surface area contributed by atoms with Crippen molar-refractivity contribution in [2.24, 2.45) is 5.92 Å². The Hall–Kier alpha value is -4.18. The number of hydrogen-bond donors (Lipinski definition) is 5. The summed E-state index contributed by atoms with van der Waals surface area (Å²) < 4.78 is 21.7. The van der Waals surface area contributed by atoms with Gasteiger partial charge in [0.15, 0.2) is 17.3 Å². The number of nitrogens with one attached hydrogen (secondary N) is 1. The molecule has 1 saturated heterocycles. The largest absolute Gasteiger partial charge is 0.504 e. The highest BCUT2D eigenvalue weighted by Gasteiger charge is 2.19. The van der Waals surface area contributed by atoms with Gasteiger partial charge in [0.05, 0.1) is 21.7 Å².